The van der Waals surface area contributed by atoms with Crippen molar-refractivity contribution in [2.75, 3.05) is 0 Å². The molecule has 0 saturated carbocycles. The van der Waals surface area contributed by atoms with E-state index in [2.05, 4.69) is 18.0 Å². The summed E-state index contributed by atoms with van der Waals surface area (Å²) >= 11 is 5.78. The van der Waals surface area contributed by atoms with Crippen molar-refractivity contribution in [1.29, 1.82) is 0 Å². The summed E-state index contributed by atoms with van der Waals surface area (Å²) in [5.41, 5.74) is 2.32. The molecule has 0 aliphatic heterocycles. The first-order chi connectivity index (χ1) is 7.65. The van der Waals surface area contributed by atoms with Crippen molar-refractivity contribution in [2.24, 2.45) is 0 Å². The first kappa shape index (κ1) is 11.0. The van der Waals surface area contributed by atoms with Gasteiger partial charge in [-0.15, -0.1) is 0 Å². The number of nitrogens with zero attached hydrogens (tertiary/aromatic N) is 1. The van der Waals surface area contributed by atoms with E-state index in [0.29, 0.717) is 10.9 Å². The van der Waals surface area contributed by atoms with E-state index < -0.39 is 0 Å². The van der Waals surface area contributed by atoms with Crippen molar-refractivity contribution in [3.8, 4) is 11.5 Å². The number of pyridine rings is 1. The molecule has 0 fully saturated rings. The fourth-order valence-electron chi connectivity index (χ4n) is 1.49. The minimum absolute atomic E-state index is 0.433. The molecule has 3 heteroatoms. The number of aromatic nitrogens is 1. The Balaban J connectivity index is 2.27. The second kappa shape index (κ2) is 4.54. The third-order valence-electron chi connectivity index (χ3n) is 2.26. The summed E-state index contributed by atoms with van der Waals surface area (Å²) < 4.78 is 5.72. The Bertz CT molecular complexity index is 511. The molecule has 82 valence electrons. The molecule has 0 bridgehead atoms. The lowest BCUT2D eigenvalue weighted by Gasteiger charge is -2.09. The highest BCUT2D eigenvalue weighted by molar-refractivity contribution is 6.29. The second-order valence-electron chi connectivity index (χ2n) is 3.69. The highest BCUT2D eigenvalue weighted by atomic mass is 35.5. The maximum absolute atomic E-state index is 5.78. The van der Waals surface area contributed by atoms with Gasteiger partial charge >= 0.3 is 0 Å². The number of rotatable bonds is 2. The number of benzene rings is 1. The standard InChI is InChI=1S/C13H12ClNO/c1-9-3-4-12(10(2)7-9)16-11-5-6-15-13(14)8-11/h3-8H,1-2H3. The molecule has 0 N–H and O–H groups in total. The zero-order valence-electron chi connectivity index (χ0n) is 9.20. The van der Waals surface area contributed by atoms with Crippen molar-refractivity contribution in [1.82, 2.24) is 4.98 Å². The Kier molecular flexibility index (Phi) is 3.11. The van der Waals surface area contributed by atoms with Gasteiger partial charge in [0.2, 0.25) is 0 Å². The predicted octanol–water partition coefficient (Wildman–Crippen LogP) is 4.14. The molecule has 0 unspecified atom stereocenters. The van der Waals surface area contributed by atoms with E-state index in [1.54, 1.807) is 18.3 Å². The fraction of sp³-hybridized carbons (Fsp3) is 0.154. The third kappa shape index (κ3) is 2.52. The van der Waals surface area contributed by atoms with Gasteiger partial charge < -0.3 is 4.74 Å². The Hall–Kier alpha value is -1.54. The van der Waals surface area contributed by atoms with Gasteiger partial charge in [0.05, 0.1) is 0 Å². The lowest BCUT2D eigenvalue weighted by Crippen LogP contribution is -1.88. The number of halogens is 1. The number of aryl methyl sites for hydroxylation is 2. The summed E-state index contributed by atoms with van der Waals surface area (Å²) in [6.45, 7) is 4.07. The van der Waals surface area contributed by atoms with Crippen molar-refractivity contribution in [3.05, 3.63) is 52.8 Å². The van der Waals surface area contributed by atoms with Crippen LogP contribution in [-0.2, 0) is 0 Å². The molecular formula is C13H12ClNO. The number of hydrogen-bond donors (Lipinski definition) is 0. The summed E-state index contributed by atoms with van der Waals surface area (Å²) in [6.07, 6.45) is 1.63. The Labute approximate surface area is 99.9 Å². The molecule has 1 aromatic heterocycles. The van der Waals surface area contributed by atoms with Gasteiger partial charge in [0, 0.05) is 12.3 Å². The fourth-order valence-corrected chi connectivity index (χ4v) is 1.65. The van der Waals surface area contributed by atoms with Gasteiger partial charge in [0.25, 0.3) is 0 Å². The molecule has 1 aromatic carbocycles. The largest absolute Gasteiger partial charge is 0.457 e. The van der Waals surface area contributed by atoms with Crippen molar-refractivity contribution < 1.29 is 4.74 Å². The van der Waals surface area contributed by atoms with Crippen LogP contribution in [0.5, 0.6) is 11.5 Å². The van der Waals surface area contributed by atoms with Crippen LogP contribution in [0.25, 0.3) is 0 Å². The summed E-state index contributed by atoms with van der Waals surface area (Å²) in [4.78, 5) is 3.90. The number of hydrogen-bond acceptors (Lipinski definition) is 2. The molecule has 1 heterocycles. The van der Waals surface area contributed by atoms with E-state index in [1.807, 2.05) is 19.1 Å². The van der Waals surface area contributed by atoms with Crippen LogP contribution in [-0.4, -0.2) is 4.98 Å². The summed E-state index contributed by atoms with van der Waals surface area (Å²) in [7, 11) is 0. The van der Waals surface area contributed by atoms with Crippen molar-refractivity contribution >= 4 is 11.6 Å². The van der Waals surface area contributed by atoms with Gasteiger partial charge in [0.15, 0.2) is 0 Å². The molecule has 2 rings (SSSR count). The summed E-state index contributed by atoms with van der Waals surface area (Å²) in [5.74, 6) is 1.54. The highest BCUT2D eigenvalue weighted by Gasteiger charge is 2.02. The Morgan fingerprint density at radius 3 is 2.62 bits per heavy atom. The van der Waals surface area contributed by atoms with E-state index in [4.69, 9.17) is 16.3 Å². The van der Waals surface area contributed by atoms with E-state index in [1.165, 1.54) is 5.56 Å². The topological polar surface area (TPSA) is 22.1 Å². The van der Waals surface area contributed by atoms with Gasteiger partial charge in [-0.2, -0.15) is 0 Å². The predicted molar refractivity (Wildman–Crippen MR) is 65.2 cm³/mol. The van der Waals surface area contributed by atoms with Crippen LogP contribution in [0, 0.1) is 13.8 Å². The Morgan fingerprint density at radius 1 is 1.12 bits per heavy atom. The minimum Gasteiger partial charge on any atom is -0.457 e. The molecule has 0 aliphatic carbocycles. The highest BCUT2D eigenvalue weighted by Crippen LogP contribution is 2.26. The first-order valence-corrected chi connectivity index (χ1v) is 5.39. The van der Waals surface area contributed by atoms with Gasteiger partial charge in [-0.25, -0.2) is 4.98 Å². The van der Waals surface area contributed by atoms with Crippen LogP contribution in [0.15, 0.2) is 36.5 Å². The van der Waals surface area contributed by atoms with Gasteiger partial charge in [-0.1, -0.05) is 29.3 Å². The normalized spacial score (nSPS) is 10.2. The third-order valence-corrected chi connectivity index (χ3v) is 2.46. The van der Waals surface area contributed by atoms with Crippen LogP contribution in [0.1, 0.15) is 11.1 Å². The van der Waals surface area contributed by atoms with Crippen LogP contribution >= 0.6 is 11.6 Å². The molecule has 16 heavy (non-hydrogen) atoms. The smallest absolute Gasteiger partial charge is 0.132 e. The molecule has 0 amide bonds. The zero-order chi connectivity index (χ0) is 11.5. The second-order valence-corrected chi connectivity index (χ2v) is 4.07. The lowest BCUT2D eigenvalue weighted by molar-refractivity contribution is 0.478. The molecule has 0 saturated heterocycles. The molecule has 0 spiro atoms. The van der Waals surface area contributed by atoms with Crippen LogP contribution in [0.3, 0.4) is 0 Å². The van der Waals surface area contributed by atoms with Crippen molar-refractivity contribution in [2.45, 2.75) is 13.8 Å². The average molecular weight is 234 g/mol. The maximum Gasteiger partial charge on any atom is 0.132 e. The van der Waals surface area contributed by atoms with Crippen molar-refractivity contribution in [3.63, 3.8) is 0 Å². The number of ether oxygens (including phenoxy) is 1. The van der Waals surface area contributed by atoms with Gasteiger partial charge in [-0.3, -0.25) is 0 Å². The summed E-state index contributed by atoms with van der Waals surface area (Å²) in [5, 5.41) is 0.433. The lowest BCUT2D eigenvalue weighted by atomic mass is 10.1. The molecule has 2 aromatic rings. The van der Waals surface area contributed by atoms with Gasteiger partial charge in [-0.05, 0) is 31.5 Å². The van der Waals surface area contributed by atoms with E-state index in [0.717, 1.165) is 11.3 Å². The first-order valence-electron chi connectivity index (χ1n) is 5.02. The van der Waals surface area contributed by atoms with Gasteiger partial charge in [0.1, 0.15) is 16.7 Å². The van der Waals surface area contributed by atoms with E-state index >= 15 is 0 Å². The molecule has 0 atom stereocenters. The molecule has 0 aliphatic rings. The van der Waals surface area contributed by atoms with Crippen LogP contribution < -0.4 is 4.74 Å². The van der Waals surface area contributed by atoms with Crippen LogP contribution in [0.4, 0.5) is 0 Å². The molecule has 2 nitrogen and oxygen atoms in total. The average Bonchev–Trinajstić information content (AvgIpc) is 2.22. The summed E-state index contributed by atoms with van der Waals surface area (Å²) in [6, 6.07) is 9.54. The van der Waals surface area contributed by atoms with Crippen LogP contribution in [0.2, 0.25) is 5.15 Å². The zero-order valence-corrected chi connectivity index (χ0v) is 9.95. The van der Waals surface area contributed by atoms with E-state index in [9.17, 15) is 0 Å². The SMILES string of the molecule is Cc1ccc(Oc2ccnc(Cl)c2)c(C)c1. The maximum atomic E-state index is 5.78. The Morgan fingerprint density at radius 2 is 1.94 bits per heavy atom. The quantitative estimate of drug-likeness (QED) is 0.728. The minimum atomic E-state index is 0.433. The molecule has 0 radical (unpaired) electrons. The monoisotopic (exact) mass is 233 g/mol. The van der Waals surface area contributed by atoms with E-state index in [-0.39, 0.29) is 0 Å². The molecular weight excluding hydrogens is 222 g/mol.